The molecule has 0 saturated carbocycles. The minimum atomic E-state index is -0.0854. The Labute approximate surface area is 157 Å². The molecule has 2 aliphatic rings. The van der Waals surface area contributed by atoms with Gasteiger partial charge in [-0.15, -0.1) is 0 Å². The lowest BCUT2D eigenvalue weighted by Crippen LogP contribution is -2.51. The summed E-state index contributed by atoms with van der Waals surface area (Å²) in [4.78, 5) is 33.5. The summed E-state index contributed by atoms with van der Waals surface area (Å²) in [5.41, 5.74) is 1.14. The molecule has 7 heteroatoms. The molecular weight excluding hydrogens is 342 g/mol. The summed E-state index contributed by atoms with van der Waals surface area (Å²) in [5, 5.41) is 5.72. The smallest absolute Gasteiger partial charge is 0.270 e. The van der Waals surface area contributed by atoms with Crippen LogP contribution in [-0.2, 0) is 9.59 Å². The molecule has 1 aromatic heterocycles. The Kier molecular flexibility index (Phi) is 4.82. The molecule has 138 valence electrons. The molecule has 2 aliphatic heterocycles. The highest BCUT2D eigenvalue weighted by atomic mass is 16.2. The number of benzene rings is 1. The number of carbonyl (C=O) groups excluding carboxylic acids is 2. The molecule has 1 fully saturated rings. The van der Waals surface area contributed by atoms with E-state index >= 15 is 0 Å². The number of hydrogen-bond acceptors (Lipinski definition) is 5. The van der Waals surface area contributed by atoms with Crippen LogP contribution in [0.1, 0.15) is 12.8 Å². The molecule has 0 bridgehead atoms. The number of aromatic nitrogens is 1. The third-order valence-corrected chi connectivity index (χ3v) is 4.82. The lowest BCUT2D eigenvalue weighted by Gasteiger charge is -2.36. The van der Waals surface area contributed by atoms with Gasteiger partial charge in [-0.1, -0.05) is 24.3 Å². The number of anilines is 2. The summed E-state index contributed by atoms with van der Waals surface area (Å²) in [7, 11) is 0. The van der Waals surface area contributed by atoms with E-state index in [2.05, 4.69) is 15.0 Å². The van der Waals surface area contributed by atoms with Crippen molar-refractivity contribution >= 4 is 29.0 Å². The van der Waals surface area contributed by atoms with E-state index in [-0.39, 0.29) is 11.8 Å². The molecule has 1 aromatic carbocycles. The fourth-order valence-electron chi connectivity index (χ4n) is 3.34. The Hall–Kier alpha value is -3.22. The average molecular weight is 363 g/mol. The topological polar surface area (TPSA) is 69.1 Å². The molecule has 0 radical (unpaired) electrons. The second kappa shape index (κ2) is 7.57. The van der Waals surface area contributed by atoms with Crippen LogP contribution in [0.5, 0.6) is 0 Å². The molecule has 0 spiro atoms. The van der Waals surface area contributed by atoms with Crippen molar-refractivity contribution in [3.8, 4) is 0 Å². The molecule has 0 atom stereocenters. The largest absolute Gasteiger partial charge is 0.353 e. The van der Waals surface area contributed by atoms with Crippen LogP contribution in [-0.4, -0.2) is 53.6 Å². The van der Waals surface area contributed by atoms with Crippen molar-refractivity contribution in [3.05, 3.63) is 54.7 Å². The van der Waals surface area contributed by atoms with Gasteiger partial charge < -0.3 is 9.80 Å². The zero-order valence-corrected chi connectivity index (χ0v) is 15.0. The Balaban J connectivity index is 1.44. The van der Waals surface area contributed by atoms with Crippen molar-refractivity contribution in [1.29, 1.82) is 0 Å². The monoisotopic (exact) mass is 363 g/mol. The number of para-hydroxylation sites is 1. The van der Waals surface area contributed by atoms with E-state index in [0.717, 1.165) is 18.9 Å². The highest BCUT2D eigenvalue weighted by molar-refractivity contribution is 6.40. The summed E-state index contributed by atoms with van der Waals surface area (Å²) in [6.07, 6.45) is 2.47. The first kappa shape index (κ1) is 17.2. The molecule has 27 heavy (non-hydrogen) atoms. The van der Waals surface area contributed by atoms with Crippen LogP contribution in [0.25, 0.3) is 0 Å². The maximum Gasteiger partial charge on any atom is 0.270 e. The minimum Gasteiger partial charge on any atom is -0.353 e. The van der Waals surface area contributed by atoms with Crippen molar-refractivity contribution in [2.45, 2.75) is 12.8 Å². The Bertz CT molecular complexity index is 845. The van der Waals surface area contributed by atoms with Crippen molar-refractivity contribution in [2.75, 3.05) is 36.1 Å². The van der Waals surface area contributed by atoms with Crippen LogP contribution in [0.3, 0.4) is 0 Å². The van der Waals surface area contributed by atoms with Gasteiger partial charge in [-0.05, 0) is 24.3 Å². The molecule has 0 unspecified atom stereocenters. The van der Waals surface area contributed by atoms with Crippen molar-refractivity contribution < 1.29 is 9.59 Å². The van der Waals surface area contributed by atoms with Gasteiger partial charge in [0.1, 0.15) is 11.5 Å². The van der Waals surface area contributed by atoms with Crippen molar-refractivity contribution in [1.82, 2.24) is 9.88 Å². The fourth-order valence-corrected chi connectivity index (χ4v) is 3.34. The van der Waals surface area contributed by atoms with E-state index in [1.807, 2.05) is 53.4 Å². The van der Waals surface area contributed by atoms with E-state index in [9.17, 15) is 9.59 Å². The number of hydrazone groups is 1. The maximum atomic E-state index is 12.9. The number of piperazine rings is 1. The summed E-state index contributed by atoms with van der Waals surface area (Å²) < 4.78 is 0. The van der Waals surface area contributed by atoms with Gasteiger partial charge in [0.2, 0.25) is 5.91 Å². The number of amides is 2. The van der Waals surface area contributed by atoms with Gasteiger partial charge in [0.05, 0.1) is 5.69 Å². The van der Waals surface area contributed by atoms with Crippen molar-refractivity contribution in [3.63, 3.8) is 0 Å². The van der Waals surface area contributed by atoms with Gasteiger partial charge in [-0.3, -0.25) is 9.59 Å². The number of carbonyl (C=O) groups is 2. The van der Waals surface area contributed by atoms with E-state index < -0.39 is 0 Å². The normalized spacial score (nSPS) is 17.7. The predicted octanol–water partition coefficient (Wildman–Crippen LogP) is 1.91. The minimum absolute atomic E-state index is 0.0795. The van der Waals surface area contributed by atoms with Gasteiger partial charge >= 0.3 is 0 Å². The first-order chi connectivity index (χ1) is 13.2. The molecule has 7 nitrogen and oxygen atoms in total. The zero-order chi connectivity index (χ0) is 18.6. The third-order valence-electron chi connectivity index (χ3n) is 4.82. The van der Waals surface area contributed by atoms with Crippen LogP contribution in [0, 0.1) is 0 Å². The molecule has 2 amide bonds. The summed E-state index contributed by atoms with van der Waals surface area (Å²) in [6, 6.07) is 15.1. The molecule has 2 aromatic rings. The average Bonchev–Trinajstić information content (AvgIpc) is 2.75. The van der Waals surface area contributed by atoms with Gasteiger partial charge in [-0.25, -0.2) is 9.99 Å². The van der Waals surface area contributed by atoms with Crippen LogP contribution in [0.4, 0.5) is 11.5 Å². The van der Waals surface area contributed by atoms with Crippen LogP contribution >= 0.6 is 0 Å². The SMILES string of the molecule is O=C(C1=NN(c2ccccc2)C(=O)CC1)N1CCN(c2ccccn2)CC1. The highest BCUT2D eigenvalue weighted by Gasteiger charge is 2.30. The molecule has 0 N–H and O–H groups in total. The number of pyridine rings is 1. The molecule has 3 heterocycles. The highest BCUT2D eigenvalue weighted by Crippen LogP contribution is 2.21. The predicted molar refractivity (Wildman–Crippen MR) is 104 cm³/mol. The summed E-state index contributed by atoms with van der Waals surface area (Å²) >= 11 is 0. The van der Waals surface area contributed by atoms with Gasteiger partial charge in [0.25, 0.3) is 5.91 Å². The van der Waals surface area contributed by atoms with Crippen molar-refractivity contribution in [2.24, 2.45) is 5.10 Å². The lowest BCUT2D eigenvalue weighted by molar-refractivity contribution is -0.124. The molecular formula is C20H21N5O2. The quantitative estimate of drug-likeness (QED) is 0.835. The van der Waals surface area contributed by atoms with E-state index in [1.54, 1.807) is 6.20 Å². The van der Waals surface area contributed by atoms with Gasteiger partial charge in [0, 0.05) is 45.2 Å². The van der Waals surface area contributed by atoms with Crippen LogP contribution in [0.15, 0.2) is 59.8 Å². The van der Waals surface area contributed by atoms with Gasteiger partial charge in [0.15, 0.2) is 0 Å². The van der Waals surface area contributed by atoms with Crippen LogP contribution in [0.2, 0.25) is 0 Å². The summed E-state index contributed by atoms with van der Waals surface area (Å²) in [5.74, 6) is 0.766. The van der Waals surface area contributed by atoms with E-state index in [0.29, 0.717) is 37.3 Å². The Morgan fingerprint density at radius 1 is 0.889 bits per heavy atom. The number of hydrogen-bond donors (Lipinski definition) is 0. The standard InChI is InChI=1S/C20H21N5O2/c26-19-10-9-17(22-25(19)16-6-2-1-3-7-16)20(27)24-14-12-23(13-15-24)18-8-4-5-11-21-18/h1-8,11H,9-10,12-15H2. The van der Waals surface area contributed by atoms with Crippen LogP contribution < -0.4 is 9.91 Å². The summed E-state index contributed by atoms with van der Waals surface area (Å²) in [6.45, 7) is 2.70. The fraction of sp³-hybridized carbons (Fsp3) is 0.300. The number of nitrogens with zero attached hydrogens (tertiary/aromatic N) is 5. The first-order valence-corrected chi connectivity index (χ1v) is 9.13. The molecule has 0 aliphatic carbocycles. The third kappa shape index (κ3) is 3.67. The van der Waals surface area contributed by atoms with E-state index in [4.69, 9.17) is 0 Å². The second-order valence-electron chi connectivity index (χ2n) is 6.55. The lowest BCUT2D eigenvalue weighted by atomic mass is 10.1. The van der Waals surface area contributed by atoms with E-state index in [1.165, 1.54) is 5.01 Å². The second-order valence-corrected chi connectivity index (χ2v) is 6.55. The maximum absolute atomic E-state index is 12.9. The Morgan fingerprint density at radius 3 is 2.33 bits per heavy atom. The zero-order valence-electron chi connectivity index (χ0n) is 15.0. The number of rotatable bonds is 3. The Morgan fingerprint density at radius 2 is 1.63 bits per heavy atom. The van der Waals surface area contributed by atoms with Gasteiger partial charge in [-0.2, -0.15) is 5.10 Å². The first-order valence-electron chi connectivity index (χ1n) is 9.13. The molecule has 4 rings (SSSR count). The molecule has 1 saturated heterocycles.